The molecule has 0 aliphatic heterocycles. The molecular formula is C18H21N3. The van der Waals surface area contributed by atoms with Gasteiger partial charge in [0.15, 0.2) is 0 Å². The molecule has 108 valence electrons. The molecule has 3 rings (SSSR count). The van der Waals surface area contributed by atoms with Gasteiger partial charge < -0.3 is 5.32 Å². The molecule has 0 spiro atoms. The summed E-state index contributed by atoms with van der Waals surface area (Å²) in [6, 6.07) is 6.54. The molecule has 21 heavy (non-hydrogen) atoms. The molecule has 0 saturated carbocycles. The van der Waals surface area contributed by atoms with E-state index in [0.29, 0.717) is 0 Å². The molecule has 1 heterocycles. The number of aromatic nitrogens is 2. The quantitative estimate of drug-likeness (QED) is 0.908. The van der Waals surface area contributed by atoms with Crippen molar-refractivity contribution in [2.75, 3.05) is 5.32 Å². The first-order valence-electron chi connectivity index (χ1n) is 7.54. The molecule has 0 fully saturated rings. The monoisotopic (exact) mass is 279 g/mol. The van der Waals surface area contributed by atoms with E-state index in [0.717, 1.165) is 30.9 Å². The van der Waals surface area contributed by atoms with E-state index in [1.165, 1.54) is 28.7 Å². The van der Waals surface area contributed by atoms with Crippen LogP contribution in [0.3, 0.4) is 0 Å². The van der Waals surface area contributed by atoms with E-state index in [4.69, 9.17) is 0 Å². The van der Waals surface area contributed by atoms with E-state index in [2.05, 4.69) is 53.4 Å². The maximum absolute atomic E-state index is 4.67. The zero-order valence-corrected chi connectivity index (χ0v) is 12.7. The molecule has 1 aliphatic carbocycles. The number of hydrogen-bond acceptors (Lipinski definition) is 3. The third-order valence-corrected chi connectivity index (χ3v) is 4.05. The highest BCUT2D eigenvalue weighted by molar-refractivity contribution is 5.64. The number of nitrogens with one attached hydrogen (secondary N) is 1. The molecular weight excluding hydrogens is 258 g/mol. The summed E-state index contributed by atoms with van der Waals surface area (Å²) < 4.78 is 0. The summed E-state index contributed by atoms with van der Waals surface area (Å²) >= 11 is 0. The van der Waals surface area contributed by atoms with Crippen LogP contribution < -0.4 is 5.32 Å². The summed E-state index contributed by atoms with van der Waals surface area (Å²) in [7, 11) is 0. The van der Waals surface area contributed by atoms with Crippen LogP contribution in [0.1, 0.15) is 41.6 Å². The van der Waals surface area contributed by atoms with Crippen molar-refractivity contribution < 1.29 is 0 Å². The summed E-state index contributed by atoms with van der Waals surface area (Å²) in [4.78, 5) is 8.98. The molecule has 1 aromatic carbocycles. The number of hydrogen-bond donors (Lipinski definition) is 1. The zero-order chi connectivity index (χ0) is 14.7. The van der Waals surface area contributed by atoms with Gasteiger partial charge in [-0.25, -0.2) is 4.98 Å². The molecule has 0 saturated heterocycles. The zero-order valence-electron chi connectivity index (χ0n) is 12.7. The van der Waals surface area contributed by atoms with Crippen LogP contribution in [0.15, 0.2) is 36.7 Å². The summed E-state index contributed by atoms with van der Waals surface area (Å²) in [5.41, 5.74) is 6.26. The lowest BCUT2D eigenvalue weighted by molar-refractivity contribution is 0.931. The van der Waals surface area contributed by atoms with Crippen LogP contribution in [0.2, 0.25) is 0 Å². The Bertz CT molecular complexity index is 674. The molecule has 0 unspecified atom stereocenters. The predicted octanol–water partition coefficient (Wildman–Crippen LogP) is 4.27. The summed E-state index contributed by atoms with van der Waals surface area (Å²) in [5, 5.41) is 3.37. The van der Waals surface area contributed by atoms with Crippen LogP contribution >= 0.6 is 0 Å². The van der Waals surface area contributed by atoms with Crippen molar-refractivity contribution in [1.82, 2.24) is 9.97 Å². The van der Waals surface area contributed by atoms with Crippen LogP contribution in [0.5, 0.6) is 0 Å². The lowest BCUT2D eigenvalue weighted by Crippen LogP contribution is -2.03. The van der Waals surface area contributed by atoms with Gasteiger partial charge in [-0.05, 0) is 55.4 Å². The fourth-order valence-corrected chi connectivity index (χ4v) is 2.62. The van der Waals surface area contributed by atoms with Gasteiger partial charge in [0.05, 0.1) is 18.1 Å². The first-order chi connectivity index (χ1) is 10.2. The van der Waals surface area contributed by atoms with Crippen molar-refractivity contribution in [3.63, 3.8) is 0 Å². The SMILES string of the molecule is Cc1ccc(CNc2cncc(C3=CCCC3)n2)cc1C. The molecule has 1 aliphatic rings. The second kappa shape index (κ2) is 6.08. The van der Waals surface area contributed by atoms with Gasteiger partial charge in [0.1, 0.15) is 5.82 Å². The lowest BCUT2D eigenvalue weighted by atomic mass is 10.1. The highest BCUT2D eigenvalue weighted by Gasteiger charge is 2.09. The Kier molecular flexibility index (Phi) is 4.00. The highest BCUT2D eigenvalue weighted by atomic mass is 15.0. The third kappa shape index (κ3) is 3.30. The predicted molar refractivity (Wildman–Crippen MR) is 87.1 cm³/mol. The van der Waals surface area contributed by atoms with Crippen molar-refractivity contribution in [3.05, 3.63) is 59.1 Å². The Morgan fingerprint density at radius 1 is 1.14 bits per heavy atom. The van der Waals surface area contributed by atoms with Gasteiger partial charge in [-0.3, -0.25) is 4.98 Å². The fraction of sp³-hybridized carbons (Fsp3) is 0.333. The first-order valence-corrected chi connectivity index (χ1v) is 7.54. The number of benzene rings is 1. The minimum Gasteiger partial charge on any atom is -0.365 e. The van der Waals surface area contributed by atoms with Crippen LogP contribution in [0.25, 0.3) is 5.57 Å². The van der Waals surface area contributed by atoms with Gasteiger partial charge in [-0.2, -0.15) is 0 Å². The molecule has 1 aromatic heterocycles. The topological polar surface area (TPSA) is 37.8 Å². The van der Waals surface area contributed by atoms with Gasteiger partial charge in [-0.1, -0.05) is 24.3 Å². The molecule has 3 nitrogen and oxygen atoms in total. The first kappa shape index (κ1) is 13.8. The number of rotatable bonds is 4. The maximum atomic E-state index is 4.67. The molecule has 0 bridgehead atoms. The fourth-order valence-electron chi connectivity index (χ4n) is 2.62. The highest BCUT2D eigenvalue weighted by Crippen LogP contribution is 2.26. The Morgan fingerprint density at radius 2 is 2.05 bits per heavy atom. The van der Waals surface area contributed by atoms with Crippen LogP contribution in [0, 0.1) is 13.8 Å². The molecule has 0 atom stereocenters. The lowest BCUT2D eigenvalue weighted by Gasteiger charge is -2.09. The van der Waals surface area contributed by atoms with Crippen LogP contribution in [-0.4, -0.2) is 9.97 Å². The second-order valence-corrected chi connectivity index (χ2v) is 5.68. The van der Waals surface area contributed by atoms with E-state index in [9.17, 15) is 0 Å². The molecule has 0 amide bonds. The minimum absolute atomic E-state index is 0.776. The normalized spacial score (nSPS) is 14.1. The van der Waals surface area contributed by atoms with Crippen molar-refractivity contribution >= 4 is 11.4 Å². The number of nitrogens with zero attached hydrogens (tertiary/aromatic N) is 2. The summed E-state index contributed by atoms with van der Waals surface area (Å²) in [5.74, 6) is 0.846. The molecule has 0 radical (unpaired) electrons. The van der Waals surface area contributed by atoms with Gasteiger partial charge >= 0.3 is 0 Å². The van der Waals surface area contributed by atoms with E-state index in [1.807, 2.05) is 6.20 Å². The Hall–Kier alpha value is -2.16. The number of allylic oxidation sites excluding steroid dienone is 2. The van der Waals surface area contributed by atoms with Crippen molar-refractivity contribution in [1.29, 1.82) is 0 Å². The van der Waals surface area contributed by atoms with Crippen molar-refractivity contribution in [2.24, 2.45) is 0 Å². The standard InChI is InChI=1S/C18H21N3/c1-13-7-8-15(9-14(13)2)10-20-18-12-19-11-17(21-18)16-5-3-4-6-16/h5,7-9,11-12H,3-4,6,10H2,1-2H3,(H,20,21). The smallest absolute Gasteiger partial charge is 0.145 e. The average molecular weight is 279 g/mol. The summed E-state index contributed by atoms with van der Waals surface area (Å²) in [6.07, 6.45) is 9.44. The van der Waals surface area contributed by atoms with Gasteiger partial charge in [-0.15, -0.1) is 0 Å². The second-order valence-electron chi connectivity index (χ2n) is 5.68. The molecule has 2 aromatic rings. The van der Waals surface area contributed by atoms with Gasteiger partial charge in [0.2, 0.25) is 0 Å². The van der Waals surface area contributed by atoms with Gasteiger partial charge in [0.25, 0.3) is 0 Å². The van der Waals surface area contributed by atoms with E-state index < -0.39 is 0 Å². The largest absolute Gasteiger partial charge is 0.365 e. The minimum atomic E-state index is 0.776. The van der Waals surface area contributed by atoms with E-state index in [1.54, 1.807) is 6.20 Å². The summed E-state index contributed by atoms with van der Waals surface area (Å²) in [6.45, 7) is 5.06. The number of aryl methyl sites for hydroxylation is 2. The average Bonchev–Trinajstić information content (AvgIpc) is 3.03. The van der Waals surface area contributed by atoms with Crippen LogP contribution in [-0.2, 0) is 6.54 Å². The van der Waals surface area contributed by atoms with E-state index >= 15 is 0 Å². The number of anilines is 1. The Morgan fingerprint density at radius 3 is 2.81 bits per heavy atom. The Labute approximate surface area is 126 Å². The Balaban J connectivity index is 1.70. The molecule has 1 N–H and O–H groups in total. The van der Waals surface area contributed by atoms with Crippen molar-refractivity contribution in [3.8, 4) is 0 Å². The van der Waals surface area contributed by atoms with Crippen molar-refractivity contribution in [2.45, 2.75) is 39.7 Å². The van der Waals surface area contributed by atoms with Crippen LogP contribution in [0.4, 0.5) is 5.82 Å². The van der Waals surface area contributed by atoms with E-state index in [-0.39, 0.29) is 0 Å². The molecule has 3 heteroatoms. The maximum Gasteiger partial charge on any atom is 0.145 e. The van der Waals surface area contributed by atoms with Gasteiger partial charge in [0, 0.05) is 6.54 Å². The third-order valence-electron chi connectivity index (χ3n) is 4.05.